The second-order valence-electron chi connectivity index (χ2n) is 8.38. The van der Waals surface area contributed by atoms with Crippen LogP contribution in [0.1, 0.15) is 29.5 Å². The van der Waals surface area contributed by atoms with E-state index in [1.165, 1.54) is 0 Å². The maximum atomic E-state index is 13.2. The summed E-state index contributed by atoms with van der Waals surface area (Å²) in [5.74, 6) is 0. The molecule has 1 aromatic carbocycles. The van der Waals surface area contributed by atoms with Crippen LogP contribution in [-0.2, 0) is 18.8 Å². The number of benzene rings is 1. The molecule has 0 unspecified atom stereocenters. The molecule has 1 aromatic rings. The first-order valence-electron chi connectivity index (χ1n) is 10.4. The summed E-state index contributed by atoms with van der Waals surface area (Å²) in [6.07, 6.45) is -8.09. The lowest BCUT2D eigenvalue weighted by molar-refractivity contribution is -0.141. The van der Waals surface area contributed by atoms with Gasteiger partial charge in [0.25, 0.3) is 0 Å². The van der Waals surface area contributed by atoms with E-state index >= 15 is 0 Å². The molecule has 0 radical (unpaired) electrons. The van der Waals surface area contributed by atoms with Gasteiger partial charge in [-0.15, -0.1) is 0 Å². The maximum absolute atomic E-state index is 13.2. The van der Waals surface area contributed by atoms with Crippen molar-refractivity contribution in [1.82, 2.24) is 15.1 Å². The first-order valence-corrected chi connectivity index (χ1v) is 10.4. The average Bonchev–Trinajstić information content (AvgIpc) is 2.68. The molecule has 31 heavy (non-hydrogen) atoms. The van der Waals surface area contributed by atoms with E-state index in [0.29, 0.717) is 24.7 Å². The highest BCUT2D eigenvalue weighted by Gasteiger charge is 2.40. The zero-order valence-corrected chi connectivity index (χ0v) is 17.2. The summed E-state index contributed by atoms with van der Waals surface area (Å²) in [6, 6.07) is 1.29. The number of nitrogens with one attached hydrogen (secondary N) is 1. The van der Waals surface area contributed by atoms with Gasteiger partial charge >= 0.3 is 12.4 Å². The monoisotopic (exact) mass is 453 g/mol. The van der Waals surface area contributed by atoms with E-state index in [-0.39, 0.29) is 12.0 Å². The molecule has 2 heterocycles. The van der Waals surface area contributed by atoms with Crippen molar-refractivity contribution in [3.05, 3.63) is 28.8 Å². The summed E-state index contributed by atoms with van der Waals surface area (Å²) in [6.45, 7) is 6.03. The van der Waals surface area contributed by atoms with Gasteiger partial charge in [-0.1, -0.05) is 0 Å². The highest BCUT2D eigenvalue weighted by Crippen LogP contribution is 2.42. The first kappa shape index (κ1) is 24.1. The normalized spacial score (nSPS) is 21.4. The predicted molar refractivity (Wildman–Crippen MR) is 106 cm³/mol. The molecule has 0 saturated carbocycles. The van der Waals surface area contributed by atoms with Crippen molar-refractivity contribution in [2.45, 2.75) is 43.7 Å². The Bertz CT molecular complexity index is 702. The quantitative estimate of drug-likeness (QED) is 0.472. The van der Waals surface area contributed by atoms with E-state index in [9.17, 15) is 26.3 Å². The number of alkyl halides is 6. The number of nitrogens with two attached hydrogens (primary N) is 2. The van der Waals surface area contributed by atoms with Crippen LogP contribution in [0.5, 0.6) is 0 Å². The number of rotatable bonds is 5. The third-order valence-electron chi connectivity index (χ3n) is 6.07. The number of piperidine rings is 1. The standard InChI is InChI=1S/C20H29F6N5/c21-19(22,23)16-10-13(11-17(18(16)28)20(24,25)26)9-14(27)12-30-5-1-15(2-6-30)31-7-3-29-4-8-31/h10-11,14-15,29H,1-9,12,27-28H2/t14-/m1/s1. The van der Waals surface area contributed by atoms with Gasteiger partial charge in [0.2, 0.25) is 0 Å². The fourth-order valence-electron chi connectivity index (χ4n) is 4.51. The zero-order chi connectivity index (χ0) is 22.8. The second-order valence-corrected chi connectivity index (χ2v) is 8.38. The molecular weight excluding hydrogens is 424 g/mol. The molecule has 5 N–H and O–H groups in total. The lowest BCUT2D eigenvalue weighted by atomic mass is 9.96. The lowest BCUT2D eigenvalue weighted by Crippen LogP contribution is -2.53. The van der Waals surface area contributed by atoms with Gasteiger partial charge in [0.15, 0.2) is 0 Å². The highest BCUT2D eigenvalue weighted by atomic mass is 19.4. The Kier molecular flexibility index (Phi) is 7.39. The minimum atomic E-state index is -4.98. The third-order valence-corrected chi connectivity index (χ3v) is 6.07. The molecule has 11 heteroatoms. The summed E-state index contributed by atoms with van der Waals surface area (Å²) >= 11 is 0. The summed E-state index contributed by atoms with van der Waals surface area (Å²) in [7, 11) is 0. The number of anilines is 1. The topological polar surface area (TPSA) is 70.5 Å². The van der Waals surface area contributed by atoms with Gasteiger partial charge in [-0.05, 0) is 50.0 Å². The van der Waals surface area contributed by atoms with E-state index in [1.807, 2.05) is 0 Å². The van der Waals surface area contributed by atoms with Gasteiger partial charge in [0, 0.05) is 44.8 Å². The van der Waals surface area contributed by atoms with Crippen molar-refractivity contribution >= 4 is 5.69 Å². The molecule has 2 fully saturated rings. The molecule has 2 aliphatic heterocycles. The Morgan fingerprint density at radius 1 is 0.935 bits per heavy atom. The number of likely N-dealkylation sites (tertiary alicyclic amines) is 1. The summed E-state index contributed by atoms with van der Waals surface area (Å²) in [5, 5.41) is 3.32. The Morgan fingerprint density at radius 3 is 1.94 bits per heavy atom. The molecule has 0 spiro atoms. The van der Waals surface area contributed by atoms with E-state index < -0.39 is 35.2 Å². The average molecular weight is 453 g/mol. The van der Waals surface area contributed by atoms with Gasteiger partial charge in [-0.2, -0.15) is 26.3 Å². The lowest BCUT2D eigenvalue weighted by Gasteiger charge is -2.40. The van der Waals surface area contributed by atoms with Crippen LogP contribution < -0.4 is 16.8 Å². The number of hydrogen-bond acceptors (Lipinski definition) is 5. The van der Waals surface area contributed by atoms with Crippen LogP contribution in [0.4, 0.5) is 32.0 Å². The molecule has 176 valence electrons. The molecule has 0 amide bonds. The predicted octanol–water partition coefficient (Wildman–Crippen LogP) is 2.55. The molecular formula is C20H29F6N5. The van der Waals surface area contributed by atoms with Gasteiger partial charge in [-0.25, -0.2) is 0 Å². The summed E-state index contributed by atoms with van der Waals surface area (Å²) < 4.78 is 79.2. The number of piperazine rings is 1. The summed E-state index contributed by atoms with van der Waals surface area (Å²) in [5.41, 5.74) is 6.95. The van der Waals surface area contributed by atoms with Crippen molar-refractivity contribution in [3.8, 4) is 0 Å². The molecule has 0 bridgehead atoms. The fraction of sp³-hybridized carbons (Fsp3) is 0.700. The molecule has 0 aromatic heterocycles. The molecule has 0 aliphatic carbocycles. The number of halogens is 6. The van der Waals surface area contributed by atoms with Crippen LogP contribution >= 0.6 is 0 Å². The van der Waals surface area contributed by atoms with Gasteiger partial charge in [0.1, 0.15) is 0 Å². The molecule has 1 atom stereocenters. The first-order chi connectivity index (χ1) is 14.4. The Hall–Kier alpha value is -1.56. The Balaban J connectivity index is 1.62. The number of nitrogens with zero attached hydrogens (tertiary/aromatic N) is 2. The Morgan fingerprint density at radius 2 is 1.45 bits per heavy atom. The minimum absolute atomic E-state index is 0.0931. The zero-order valence-electron chi connectivity index (χ0n) is 17.2. The van der Waals surface area contributed by atoms with Crippen LogP contribution in [0.15, 0.2) is 12.1 Å². The molecule has 2 saturated heterocycles. The molecule has 5 nitrogen and oxygen atoms in total. The molecule has 2 aliphatic rings. The van der Waals surface area contributed by atoms with Crippen molar-refractivity contribution in [2.75, 3.05) is 51.5 Å². The third kappa shape index (κ3) is 6.24. The van der Waals surface area contributed by atoms with Gasteiger partial charge in [-0.3, -0.25) is 4.90 Å². The van der Waals surface area contributed by atoms with Crippen molar-refractivity contribution < 1.29 is 26.3 Å². The van der Waals surface area contributed by atoms with E-state index in [2.05, 4.69) is 15.1 Å². The van der Waals surface area contributed by atoms with Crippen LogP contribution in [0.2, 0.25) is 0 Å². The summed E-state index contributed by atoms with van der Waals surface area (Å²) in [4.78, 5) is 4.61. The van der Waals surface area contributed by atoms with Crippen LogP contribution in [0.25, 0.3) is 0 Å². The molecule has 3 rings (SSSR count). The van der Waals surface area contributed by atoms with E-state index in [4.69, 9.17) is 11.5 Å². The van der Waals surface area contributed by atoms with Crippen molar-refractivity contribution in [3.63, 3.8) is 0 Å². The number of hydrogen-bond donors (Lipinski definition) is 3. The largest absolute Gasteiger partial charge is 0.418 e. The van der Waals surface area contributed by atoms with E-state index in [0.717, 1.165) is 52.1 Å². The number of nitrogen functional groups attached to an aromatic ring is 1. The minimum Gasteiger partial charge on any atom is -0.398 e. The SMILES string of the molecule is Nc1c(C(F)(F)F)cc(C[C@@H](N)CN2CCC(N3CCNCC3)CC2)cc1C(F)(F)F. The van der Waals surface area contributed by atoms with Gasteiger partial charge < -0.3 is 21.7 Å². The van der Waals surface area contributed by atoms with E-state index in [1.54, 1.807) is 0 Å². The maximum Gasteiger partial charge on any atom is 0.418 e. The smallest absolute Gasteiger partial charge is 0.398 e. The fourth-order valence-corrected chi connectivity index (χ4v) is 4.51. The van der Waals surface area contributed by atoms with Crippen LogP contribution in [0.3, 0.4) is 0 Å². The highest BCUT2D eigenvalue weighted by molar-refractivity contribution is 5.58. The van der Waals surface area contributed by atoms with Crippen molar-refractivity contribution in [2.24, 2.45) is 5.73 Å². The van der Waals surface area contributed by atoms with Crippen LogP contribution in [-0.4, -0.2) is 67.7 Å². The second kappa shape index (κ2) is 9.51. The Labute approximate surface area is 177 Å². The van der Waals surface area contributed by atoms with Crippen molar-refractivity contribution in [1.29, 1.82) is 0 Å². The van der Waals surface area contributed by atoms with Crippen LogP contribution in [0, 0.1) is 0 Å². The van der Waals surface area contributed by atoms with Gasteiger partial charge in [0.05, 0.1) is 16.8 Å².